The second-order valence-corrected chi connectivity index (χ2v) is 6.77. The molecule has 4 heterocycles. The van der Waals surface area contributed by atoms with Crippen molar-refractivity contribution in [1.82, 2.24) is 19.9 Å². The fraction of sp³-hybridized carbons (Fsp3) is 0.389. The molecule has 0 bridgehead atoms. The second kappa shape index (κ2) is 6.49. The zero-order chi connectivity index (χ0) is 19.2. The van der Waals surface area contributed by atoms with Crippen molar-refractivity contribution < 1.29 is 17.9 Å². The Morgan fingerprint density at radius 1 is 1.26 bits per heavy atom. The molecule has 4 rings (SSSR count). The Morgan fingerprint density at radius 2 is 2.07 bits per heavy atom. The summed E-state index contributed by atoms with van der Waals surface area (Å²) in [5, 5.41) is 0.557. The number of hydrogen-bond donors (Lipinski definition) is 2. The highest BCUT2D eigenvalue weighted by atomic mass is 19.4. The predicted octanol–water partition coefficient (Wildman–Crippen LogP) is 3.76. The van der Waals surface area contributed by atoms with Crippen LogP contribution in [-0.2, 0) is 10.9 Å². The number of nitrogens with one attached hydrogen (secondary N) is 1. The Balaban J connectivity index is 1.80. The summed E-state index contributed by atoms with van der Waals surface area (Å²) in [6, 6.07) is 3.65. The van der Waals surface area contributed by atoms with E-state index in [1.165, 1.54) is 6.20 Å². The molecule has 1 aliphatic rings. The lowest BCUT2D eigenvalue weighted by Gasteiger charge is -2.28. The molecule has 1 fully saturated rings. The van der Waals surface area contributed by atoms with Gasteiger partial charge >= 0.3 is 6.18 Å². The van der Waals surface area contributed by atoms with Gasteiger partial charge in [-0.3, -0.25) is 0 Å². The van der Waals surface area contributed by atoms with Crippen LogP contribution in [-0.4, -0.2) is 33.1 Å². The van der Waals surface area contributed by atoms with Crippen LogP contribution in [0.5, 0.6) is 0 Å². The number of fused-ring (bicyclic) bond motifs is 1. The lowest BCUT2D eigenvalue weighted by atomic mass is 9.86. The van der Waals surface area contributed by atoms with Gasteiger partial charge in [-0.25, -0.2) is 15.0 Å². The van der Waals surface area contributed by atoms with E-state index < -0.39 is 11.7 Å². The number of nitrogens with two attached hydrogens (primary N) is 1. The van der Waals surface area contributed by atoms with E-state index in [9.17, 15) is 13.2 Å². The van der Waals surface area contributed by atoms with Crippen LogP contribution in [0.2, 0.25) is 0 Å². The number of ether oxygens (including phenoxy) is 1. The van der Waals surface area contributed by atoms with Gasteiger partial charge in [0.05, 0.1) is 5.69 Å². The number of pyridine rings is 1. The topological polar surface area (TPSA) is 89.7 Å². The summed E-state index contributed by atoms with van der Waals surface area (Å²) in [6.07, 6.45) is -1.53. The second-order valence-electron chi connectivity index (χ2n) is 6.77. The quantitative estimate of drug-likeness (QED) is 0.710. The monoisotopic (exact) mass is 377 g/mol. The van der Waals surface area contributed by atoms with E-state index in [-0.39, 0.29) is 17.6 Å². The average Bonchev–Trinajstić information content (AvgIpc) is 3.04. The summed E-state index contributed by atoms with van der Waals surface area (Å²) in [5.74, 6) is 0.375. The first-order valence-electron chi connectivity index (χ1n) is 8.60. The number of aromatic amines is 1. The van der Waals surface area contributed by atoms with Crippen LogP contribution < -0.4 is 5.73 Å². The molecular weight excluding hydrogens is 359 g/mol. The average molecular weight is 377 g/mol. The van der Waals surface area contributed by atoms with Crippen molar-refractivity contribution in [3.63, 3.8) is 0 Å². The number of nitrogen functional groups attached to an aromatic ring is 1. The van der Waals surface area contributed by atoms with Gasteiger partial charge in [0.1, 0.15) is 11.2 Å². The molecule has 3 aromatic rings. The number of hydrogen-bond acceptors (Lipinski definition) is 5. The standard InChI is InChI=1S/C18H18F3N5O/c1-9-8-27-5-4-10(9)14-3-2-11-12(6-23-16(11)25-14)15-13(18(19,20)21)7-24-17(22)26-15/h2-3,6-7,9-10H,4-5,8H2,1H3,(H,23,25)(H2,22,24,26). The van der Waals surface area contributed by atoms with Crippen LogP contribution in [0.25, 0.3) is 22.3 Å². The van der Waals surface area contributed by atoms with Gasteiger partial charge in [0.2, 0.25) is 5.95 Å². The Morgan fingerprint density at radius 3 is 2.81 bits per heavy atom. The number of aromatic nitrogens is 4. The van der Waals surface area contributed by atoms with Crippen LogP contribution in [0.1, 0.15) is 30.5 Å². The fourth-order valence-electron chi connectivity index (χ4n) is 3.55. The van der Waals surface area contributed by atoms with Gasteiger partial charge in [0.25, 0.3) is 0 Å². The molecule has 0 radical (unpaired) electrons. The first kappa shape index (κ1) is 17.7. The highest BCUT2D eigenvalue weighted by Gasteiger charge is 2.36. The molecule has 142 valence electrons. The van der Waals surface area contributed by atoms with Crippen molar-refractivity contribution in [2.24, 2.45) is 5.92 Å². The molecule has 0 saturated carbocycles. The lowest BCUT2D eigenvalue weighted by Crippen LogP contribution is -2.24. The molecule has 3 aromatic heterocycles. The summed E-state index contributed by atoms with van der Waals surface area (Å²) in [7, 11) is 0. The third-order valence-electron chi connectivity index (χ3n) is 4.95. The molecule has 0 aliphatic carbocycles. The molecule has 0 spiro atoms. The summed E-state index contributed by atoms with van der Waals surface area (Å²) < 4.78 is 45.6. The molecule has 1 saturated heterocycles. The van der Waals surface area contributed by atoms with Gasteiger partial charge in [-0.15, -0.1) is 0 Å². The molecule has 9 heteroatoms. The predicted molar refractivity (Wildman–Crippen MR) is 93.9 cm³/mol. The van der Waals surface area contributed by atoms with Gasteiger partial charge in [0.15, 0.2) is 0 Å². The van der Waals surface area contributed by atoms with E-state index in [1.54, 1.807) is 6.07 Å². The summed E-state index contributed by atoms with van der Waals surface area (Å²) in [5.41, 5.74) is 6.07. The number of rotatable bonds is 2. The van der Waals surface area contributed by atoms with Crippen LogP contribution in [0.15, 0.2) is 24.5 Å². The van der Waals surface area contributed by atoms with Gasteiger partial charge in [-0.1, -0.05) is 6.92 Å². The van der Waals surface area contributed by atoms with Crippen molar-refractivity contribution in [2.75, 3.05) is 18.9 Å². The van der Waals surface area contributed by atoms with Gasteiger partial charge in [0, 0.05) is 48.2 Å². The zero-order valence-electron chi connectivity index (χ0n) is 14.5. The minimum absolute atomic E-state index is 0.215. The first-order valence-corrected chi connectivity index (χ1v) is 8.60. The normalized spacial score (nSPS) is 20.9. The van der Waals surface area contributed by atoms with E-state index in [4.69, 9.17) is 10.5 Å². The van der Waals surface area contributed by atoms with E-state index in [0.29, 0.717) is 41.9 Å². The molecule has 6 nitrogen and oxygen atoms in total. The largest absolute Gasteiger partial charge is 0.419 e. The minimum Gasteiger partial charge on any atom is -0.381 e. The number of anilines is 1. The number of nitrogens with zero attached hydrogens (tertiary/aromatic N) is 3. The SMILES string of the molecule is CC1COCCC1c1ccc2c(-c3nc(N)ncc3C(F)(F)F)c[nH]c2n1. The summed E-state index contributed by atoms with van der Waals surface area (Å²) in [6.45, 7) is 3.46. The first-order chi connectivity index (χ1) is 12.8. The van der Waals surface area contributed by atoms with Crippen LogP contribution >= 0.6 is 0 Å². The van der Waals surface area contributed by atoms with E-state index in [1.807, 2.05) is 6.07 Å². The molecule has 0 amide bonds. The molecule has 0 aromatic carbocycles. The van der Waals surface area contributed by atoms with Gasteiger partial charge in [-0.2, -0.15) is 13.2 Å². The lowest BCUT2D eigenvalue weighted by molar-refractivity contribution is -0.137. The van der Waals surface area contributed by atoms with Gasteiger partial charge < -0.3 is 15.5 Å². The van der Waals surface area contributed by atoms with Crippen molar-refractivity contribution in [3.05, 3.63) is 35.8 Å². The number of halogens is 3. The number of H-pyrrole nitrogens is 1. The Kier molecular flexibility index (Phi) is 4.26. The molecule has 2 unspecified atom stereocenters. The van der Waals surface area contributed by atoms with Crippen LogP contribution in [0.4, 0.5) is 19.1 Å². The van der Waals surface area contributed by atoms with Crippen LogP contribution in [0.3, 0.4) is 0 Å². The Hall–Kier alpha value is -2.68. The molecule has 1 aliphatic heterocycles. The molecule has 3 N–H and O–H groups in total. The van der Waals surface area contributed by atoms with E-state index in [0.717, 1.165) is 12.1 Å². The van der Waals surface area contributed by atoms with E-state index >= 15 is 0 Å². The number of alkyl halides is 3. The fourth-order valence-corrected chi connectivity index (χ4v) is 3.55. The zero-order valence-corrected chi connectivity index (χ0v) is 14.5. The molecule has 27 heavy (non-hydrogen) atoms. The third-order valence-corrected chi connectivity index (χ3v) is 4.95. The smallest absolute Gasteiger partial charge is 0.381 e. The van der Waals surface area contributed by atoms with Crippen LogP contribution in [0, 0.1) is 5.92 Å². The summed E-state index contributed by atoms with van der Waals surface area (Å²) >= 11 is 0. The maximum absolute atomic E-state index is 13.4. The summed E-state index contributed by atoms with van der Waals surface area (Å²) in [4.78, 5) is 14.9. The highest BCUT2D eigenvalue weighted by molar-refractivity contribution is 5.93. The van der Waals surface area contributed by atoms with Crippen molar-refractivity contribution in [1.29, 1.82) is 0 Å². The maximum Gasteiger partial charge on any atom is 0.419 e. The van der Waals surface area contributed by atoms with Gasteiger partial charge in [-0.05, 0) is 24.5 Å². The molecule has 2 atom stereocenters. The minimum atomic E-state index is -4.59. The van der Waals surface area contributed by atoms with Crippen molar-refractivity contribution in [3.8, 4) is 11.3 Å². The third kappa shape index (κ3) is 3.23. The molecular formula is C18H18F3N5O. The Labute approximate surface area is 153 Å². The maximum atomic E-state index is 13.4. The van der Waals surface area contributed by atoms with Crippen molar-refractivity contribution >= 4 is 17.0 Å². The Bertz CT molecular complexity index is 985. The highest BCUT2D eigenvalue weighted by Crippen LogP contribution is 2.39. The van der Waals surface area contributed by atoms with E-state index in [2.05, 4.69) is 26.9 Å². The van der Waals surface area contributed by atoms with Crippen molar-refractivity contribution in [2.45, 2.75) is 25.4 Å².